The minimum Gasteiger partial charge on any atom is -0.444 e. The summed E-state index contributed by atoms with van der Waals surface area (Å²) in [7, 11) is 0. The lowest BCUT2D eigenvalue weighted by Crippen LogP contribution is -2.54. The van der Waals surface area contributed by atoms with Crippen LogP contribution in [0.3, 0.4) is 0 Å². The largest absolute Gasteiger partial charge is 0.444 e. The lowest BCUT2D eigenvalue weighted by molar-refractivity contribution is 0.00552. The first kappa shape index (κ1) is 16.2. The maximum absolute atomic E-state index is 12.0. The number of aliphatic hydroxyl groups excluding tert-OH is 1. The summed E-state index contributed by atoms with van der Waals surface area (Å²) in [5.41, 5.74) is -0.432. The Labute approximate surface area is 116 Å². The van der Waals surface area contributed by atoms with E-state index in [9.17, 15) is 4.79 Å². The van der Waals surface area contributed by atoms with Gasteiger partial charge in [-0.2, -0.15) is 0 Å². The van der Waals surface area contributed by atoms with Gasteiger partial charge in [0.2, 0.25) is 0 Å². The highest BCUT2D eigenvalue weighted by Crippen LogP contribution is 2.15. The fourth-order valence-electron chi connectivity index (χ4n) is 2.25. The van der Waals surface area contributed by atoms with Crippen LogP contribution in [0.25, 0.3) is 0 Å². The van der Waals surface area contributed by atoms with Crippen LogP contribution in [-0.2, 0) is 4.74 Å². The summed E-state index contributed by atoms with van der Waals surface area (Å²) in [6.07, 6.45) is 1.64. The van der Waals surface area contributed by atoms with E-state index >= 15 is 0 Å². The second-order valence-electron chi connectivity index (χ2n) is 6.24. The molecule has 0 aromatic rings. The molecule has 1 saturated heterocycles. The monoisotopic (exact) mass is 272 g/mol. The van der Waals surface area contributed by atoms with Crippen molar-refractivity contribution in [3.63, 3.8) is 0 Å². The number of aliphatic hydroxyl groups is 1. The minimum absolute atomic E-state index is 0.214. The van der Waals surface area contributed by atoms with Crippen LogP contribution >= 0.6 is 0 Å². The first-order valence-electron chi connectivity index (χ1n) is 7.16. The Bertz CT molecular complexity index is 289. The SMILES string of the molecule is C[C@@H]1CN(C(=O)OC(C)(C)C)CCN1CCCCO. The normalized spacial score (nSPS) is 21.5. The number of piperazine rings is 1. The maximum atomic E-state index is 12.0. The van der Waals surface area contributed by atoms with Gasteiger partial charge >= 0.3 is 6.09 Å². The molecule has 19 heavy (non-hydrogen) atoms. The summed E-state index contributed by atoms with van der Waals surface area (Å²) >= 11 is 0. The van der Waals surface area contributed by atoms with Crippen molar-refractivity contribution < 1.29 is 14.6 Å². The van der Waals surface area contributed by atoms with Gasteiger partial charge in [-0.15, -0.1) is 0 Å². The number of hydrogen-bond donors (Lipinski definition) is 1. The van der Waals surface area contributed by atoms with Gasteiger partial charge in [0.1, 0.15) is 5.60 Å². The van der Waals surface area contributed by atoms with Gasteiger partial charge in [0.15, 0.2) is 0 Å². The molecule has 1 amide bonds. The van der Waals surface area contributed by atoms with Crippen molar-refractivity contribution in [2.24, 2.45) is 0 Å². The minimum atomic E-state index is -0.432. The average molecular weight is 272 g/mol. The van der Waals surface area contributed by atoms with Crippen molar-refractivity contribution in [1.82, 2.24) is 9.80 Å². The molecule has 1 aliphatic heterocycles. The van der Waals surface area contributed by atoms with Crippen LogP contribution in [0, 0.1) is 0 Å². The molecule has 0 aromatic carbocycles. The Balaban J connectivity index is 2.38. The average Bonchev–Trinajstić information content (AvgIpc) is 2.29. The van der Waals surface area contributed by atoms with Crippen molar-refractivity contribution in [3.05, 3.63) is 0 Å². The van der Waals surface area contributed by atoms with Crippen LogP contribution < -0.4 is 0 Å². The van der Waals surface area contributed by atoms with Crippen molar-refractivity contribution in [1.29, 1.82) is 0 Å². The predicted molar refractivity (Wildman–Crippen MR) is 75.2 cm³/mol. The molecule has 1 N–H and O–H groups in total. The quantitative estimate of drug-likeness (QED) is 0.791. The van der Waals surface area contributed by atoms with E-state index in [1.54, 1.807) is 4.90 Å². The number of carbonyl (C=O) groups excluding carboxylic acids is 1. The van der Waals surface area contributed by atoms with Crippen LogP contribution in [0.2, 0.25) is 0 Å². The molecule has 0 spiro atoms. The lowest BCUT2D eigenvalue weighted by Gasteiger charge is -2.40. The number of unbranched alkanes of at least 4 members (excludes halogenated alkanes) is 1. The summed E-state index contributed by atoms with van der Waals surface area (Å²) in [5.74, 6) is 0. The summed E-state index contributed by atoms with van der Waals surface area (Å²) in [4.78, 5) is 16.1. The molecule has 5 heteroatoms. The van der Waals surface area contributed by atoms with Gasteiger partial charge in [-0.1, -0.05) is 0 Å². The fourth-order valence-corrected chi connectivity index (χ4v) is 2.25. The second-order valence-corrected chi connectivity index (χ2v) is 6.24. The van der Waals surface area contributed by atoms with Gasteiger partial charge in [-0.05, 0) is 47.1 Å². The van der Waals surface area contributed by atoms with E-state index in [4.69, 9.17) is 9.84 Å². The molecule has 1 aliphatic rings. The van der Waals surface area contributed by atoms with Crippen LogP contribution in [0.5, 0.6) is 0 Å². The molecule has 0 unspecified atom stereocenters. The van der Waals surface area contributed by atoms with E-state index in [1.165, 1.54) is 0 Å². The van der Waals surface area contributed by atoms with E-state index in [1.807, 2.05) is 20.8 Å². The van der Waals surface area contributed by atoms with Crippen molar-refractivity contribution in [2.45, 2.75) is 52.2 Å². The van der Waals surface area contributed by atoms with E-state index < -0.39 is 5.60 Å². The fraction of sp³-hybridized carbons (Fsp3) is 0.929. The second kappa shape index (κ2) is 7.10. The maximum Gasteiger partial charge on any atom is 0.410 e. The molecule has 0 radical (unpaired) electrons. The standard InChI is InChI=1S/C14H28N2O3/c1-12-11-16(13(18)19-14(2,3)4)9-8-15(12)7-5-6-10-17/h12,17H,5-11H2,1-4H3/t12-/m1/s1. The molecule has 0 aliphatic carbocycles. The summed E-state index contributed by atoms with van der Waals surface area (Å²) in [6.45, 7) is 11.4. The third-order valence-corrected chi connectivity index (χ3v) is 3.27. The highest BCUT2D eigenvalue weighted by Gasteiger charge is 2.29. The van der Waals surface area contributed by atoms with Crippen LogP contribution in [0.15, 0.2) is 0 Å². The Morgan fingerprint density at radius 1 is 1.32 bits per heavy atom. The van der Waals surface area contributed by atoms with Gasteiger partial charge in [-0.3, -0.25) is 4.90 Å². The number of ether oxygens (including phenoxy) is 1. The highest BCUT2D eigenvalue weighted by molar-refractivity contribution is 5.68. The number of nitrogens with zero attached hydrogens (tertiary/aromatic N) is 2. The van der Waals surface area contributed by atoms with Gasteiger partial charge in [0.05, 0.1) is 0 Å². The zero-order chi connectivity index (χ0) is 14.5. The topological polar surface area (TPSA) is 53.0 Å². The zero-order valence-electron chi connectivity index (χ0n) is 12.7. The van der Waals surface area contributed by atoms with E-state index in [0.717, 1.165) is 32.5 Å². The van der Waals surface area contributed by atoms with Crippen molar-refractivity contribution in [3.8, 4) is 0 Å². The number of rotatable bonds is 4. The third kappa shape index (κ3) is 5.78. The van der Waals surface area contributed by atoms with Gasteiger partial charge < -0.3 is 14.7 Å². The molecule has 1 atom stereocenters. The van der Waals surface area contributed by atoms with Gasteiger partial charge in [-0.25, -0.2) is 4.79 Å². The van der Waals surface area contributed by atoms with Gasteiger partial charge in [0.25, 0.3) is 0 Å². The Kier molecular flexibility index (Phi) is 6.07. The number of amides is 1. The zero-order valence-corrected chi connectivity index (χ0v) is 12.7. The predicted octanol–water partition coefficient (Wildman–Crippen LogP) is 1.70. The Morgan fingerprint density at radius 3 is 2.53 bits per heavy atom. The molecule has 0 aromatic heterocycles. The first-order valence-corrected chi connectivity index (χ1v) is 7.16. The van der Waals surface area contributed by atoms with Crippen LogP contribution in [0.4, 0.5) is 4.79 Å². The van der Waals surface area contributed by atoms with Crippen LogP contribution in [-0.4, -0.2) is 65.4 Å². The summed E-state index contributed by atoms with van der Waals surface area (Å²) in [5, 5.41) is 8.80. The molecular formula is C14H28N2O3. The van der Waals surface area contributed by atoms with E-state index in [-0.39, 0.29) is 12.7 Å². The van der Waals surface area contributed by atoms with Crippen molar-refractivity contribution >= 4 is 6.09 Å². The molecule has 5 nitrogen and oxygen atoms in total. The van der Waals surface area contributed by atoms with E-state index in [2.05, 4.69) is 11.8 Å². The van der Waals surface area contributed by atoms with Crippen molar-refractivity contribution in [2.75, 3.05) is 32.8 Å². The molecule has 1 fully saturated rings. The Morgan fingerprint density at radius 2 is 2.00 bits per heavy atom. The first-order chi connectivity index (χ1) is 8.83. The summed E-state index contributed by atoms with van der Waals surface area (Å²) in [6, 6.07) is 0.347. The lowest BCUT2D eigenvalue weighted by atomic mass is 10.1. The van der Waals surface area contributed by atoms with Crippen LogP contribution in [0.1, 0.15) is 40.5 Å². The number of hydrogen-bond acceptors (Lipinski definition) is 4. The Hall–Kier alpha value is -0.810. The smallest absolute Gasteiger partial charge is 0.410 e. The number of carbonyl (C=O) groups is 1. The third-order valence-electron chi connectivity index (χ3n) is 3.27. The molecule has 1 heterocycles. The van der Waals surface area contributed by atoms with E-state index in [0.29, 0.717) is 12.6 Å². The summed E-state index contributed by atoms with van der Waals surface area (Å²) < 4.78 is 5.39. The molecule has 0 saturated carbocycles. The molecule has 0 bridgehead atoms. The molecule has 1 rings (SSSR count). The highest BCUT2D eigenvalue weighted by atomic mass is 16.6. The molecule has 112 valence electrons. The molecular weight excluding hydrogens is 244 g/mol. The van der Waals surface area contributed by atoms with Gasteiger partial charge in [0, 0.05) is 32.3 Å².